The van der Waals surface area contributed by atoms with Gasteiger partial charge < -0.3 is 4.57 Å². The van der Waals surface area contributed by atoms with E-state index in [1.54, 1.807) is 4.80 Å². The number of rotatable bonds is 1. The molecule has 0 spiro atoms. The summed E-state index contributed by atoms with van der Waals surface area (Å²) < 4.78 is 2.13. The van der Waals surface area contributed by atoms with E-state index in [1.165, 1.54) is 5.52 Å². The molecule has 19 heavy (non-hydrogen) atoms. The average Bonchev–Trinajstić information content (AvgIpc) is 2.91. The van der Waals surface area contributed by atoms with Crippen molar-refractivity contribution in [3.63, 3.8) is 0 Å². The van der Waals surface area contributed by atoms with Crippen LogP contribution in [0.4, 0.5) is 0 Å². The van der Waals surface area contributed by atoms with Crippen LogP contribution in [-0.4, -0.2) is 24.5 Å². The molecule has 3 rings (SSSR count). The molecule has 0 aliphatic heterocycles. The number of aromatic nitrogens is 5. The minimum Gasteiger partial charge on any atom is -0.331 e. The number of nitrogens with zero attached hydrogens (tertiary/aromatic N) is 5. The highest BCUT2D eigenvalue weighted by molar-refractivity contribution is 5.99. The van der Waals surface area contributed by atoms with Gasteiger partial charge in [0.2, 0.25) is 0 Å². The molecule has 0 saturated carbocycles. The predicted octanol–water partition coefficient (Wildman–Crippen LogP) is 2.82. The molecule has 0 aliphatic rings. The van der Waals surface area contributed by atoms with Gasteiger partial charge in [0.05, 0.1) is 17.1 Å². The van der Waals surface area contributed by atoms with Gasteiger partial charge in [0, 0.05) is 18.2 Å². The van der Waals surface area contributed by atoms with Crippen molar-refractivity contribution in [3.8, 4) is 0 Å². The van der Waals surface area contributed by atoms with Crippen LogP contribution in [0, 0.1) is 20.8 Å². The molecule has 0 unspecified atom stereocenters. The lowest BCUT2D eigenvalue weighted by atomic mass is 10.1. The van der Waals surface area contributed by atoms with E-state index in [0.29, 0.717) is 0 Å². The quantitative estimate of drug-likeness (QED) is 0.673. The highest BCUT2D eigenvalue weighted by atomic mass is 15.5. The zero-order chi connectivity index (χ0) is 13.9. The van der Waals surface area contributed by atoms with Crippen LogP contribution in [0.2, 0.25) is 0 Å². The second-order valence-corrected chi connectivity index (χ2v) is 5.48. The topological polar surface area (TPSA) is 48.5 Å². The van der Waals surface area contributed by atoms with Gasteiger partial charge in [-0.1, -0.05) is 0 Å². The second-order valence-electron chi connectivity index (χ2n) is 5.48. The summed E-state index contributed by atoms with van der Waals surface area (Å²) in [4.78, 5) is 6.45. The summed E-state index contributed by atoms with van der Waals surface area (Å²) in [6, 6.07) is 0.268. The smallest absolute Gasteiger partial charge is 0.118 e. The number of aryl methyl sites for hydroxylation is 4. The van der Waals surface area contributed by atoms with Gasteiger partial charge in [-0.3, -0.25) is 0 Å². The van der Waals surface area contributed by atoms with E-state index in [-0.39, 0.29) is 6.04 Å². The molecule has 1 aromatic carbocycles. The van der Waals surface area contributed by atoms with Gasteiger partial charge in [-0.15, -0.1) is 0 Å². The first kappa shape index (κ1) is 12.1. The summed E-state index contributed by atoms with van der Waals surface area (Å²) in [5, 5.41) is 9.26. The third-order valence-corrected chi connectivity index (χ3v) is 3.83. The molecule has 0 atom stereocenters. The Morgan fingerprint density at radius 1 is 0.895 bits per heavy atom. The van der Waals surface area contributed by atoms with Crippen LogP contribution in [0.5, 0.6) is 0 Å². The van der Waals surface area contributed by atoms with Crippen molar-refractivity contribution >= 4 is 22.1 Å². The summed E-state index contributed by atoms with van der Waals surface area (Å²) >= 11 is 0. The minimum absolute atomic E-state index is 0.268. The van der Waals surface area contributed by atoms with Crippen molar-refractivity contribution in [2.75, 3.05) is 0 Å². The molecule has 0 amide bonds. The minimum atomic E-state index is 0.268. The zero-order valence-electron chi connectivity index (χ0n) is 12.3. The van der Waals surface area contributed by atoms with Crippen molar-refractivity contribution in [3.05, 3.63) is 17.0 Å². The summed E-state index contributed by atoms with van der Waals surface area (Å²) in [7, 11) is 2.05. The maximum Gasteiger partial charge on any atom is 0.118 e. The highest BCUT2D eigenvalue weighted by Crippen LogP contribution is 2.30. The molecule has 0 aliphatic carbocycles. The van der Waals surface area contributed by atoms with Crippen molar-refractivity contribution in [2.45, 2.75) is 40.7 Å². The molecule has 2 aromatic heterocycles. The SMILES string of the molecule is Cc1c2nn(C(C)C)nc2c(C)c2c1nc(C)n2C. The Morgan fingerprint density at radius 2 is 1.47 bits per heavy atom. The maximum absolute atomic E-state index is 4.66. The Labute approximate surface area is 112 Å². The lowest BCUT2D eigenvalue weighted by Gasteiger charge is -2.03. The normalized spacial score (nSPS) is 12.2. The number of hydrogen-bond donors (Lipinski definition) is 0. The number of fused-ring (bicyclic) bond motifs is 2. The maximum atomic E-state index is 4.66. The molecule has 0 radical (unpaired) electrons. The van der Waals surface area contributed by atoms with Crippen LogP contribution in [0.1, 0.15) is 36.8 Å². The summed E-state index contributed by atoms with van der Waals surface area (Å²) in [5.41, 5.74) is 6.44. The van der Waals surface area contributed by atoms with Gasteiger partial charge in [-0.05, 0) is 34.6 Å². The number of benzene rings is 1. The molecule has 0 fully saturated rings. The van der Waals surface area contributed by atoms with Crippen LogP contribution >= 0.6 is 0 Å². The lowest BCUT2D eigenvalue weighted by molar-refractivity contribution is 0.472. The Morgan fingerprint density at radius 3 is 2.05 bits per heavy atom. The first-order chi connectivity index (χ1) is 8.91. The summed E-state index contributed by atoms with van der Waals surface area (Å²) in [5.74, 6) is 1.02. The van der Waals surface area contributed by atoms with Crippen molar-refractivity contribution < 1.29 is 0 Å². The van der Waals surface area contributed by atoms with Gasteiger partial charge in [-0.2, -0.15) is 15.0 Å². The molecule has 0 saturated heterocycles. The fourth-order valence-corrected chi connectivity index (χ4v) is 2.58. The molecule has 100 valence electrons. The van der Waals surface area contributed by atoms with E-state index in [0.717, 1.165) is 33.5 Å². The standard InChI is InChI=1S/C14H19N5/c1-7(2)19-16-11-8(3)13-14(9(4)12(11)17-19)18(6)10(5)15-13/h7H,1-6H3. The molecule has 2 heterocycles. The molecular weight excluding hydrogens is 238 g/mol. The molecule has 5 nitrogen and oxygen atoms in total. The second kappa shape index (κ2) is 3.79. The van der Waals surface area contributed by atoms with Crippen molar-refractivity contribution in [1.82, 2.24) is 24.5 Å². The Kier molecular flexibility index (Phi) is 2.42. The van der Waals surface area contributed by atoms with Gasteiger partial charge in [0.15, 0.2) is 0 Å². The first-order valence-electron chi connectivity index (χ1n) is 6.60. The largest absolute Gasteiger partial charge is 0.331 e. The fourth-order valence-electron chi connectivity index (χ4n) is 2.58. The van der Waals surface area contributed by atoms with Crippen LogP contribution in [0.3, 0.4) is 0 Å². The zero-order valence-corrected chi connectivity index (χ0v) is 12.3. The third kappa shape index (κ3) is 1.50. The molecule has 0 N–H and O–H groups in total. The Bertz CT molecular complexity index is 791. The van der Waals surface area contributed by atoms with Crippen molar-refractivity contribution in [1.29, 1.82) is 0 Å². The van der Waals surface area contributed by atoms with Crippen LogP contribution in [0.25, 0.3) is 22.1 Å². The fraction of sp³-hybridized carbons (Fsp3) is 0.500. The van der Waals surface area contributed by atoms with E-state index < -0.39 is 0 Å². The van der Waals surface area contributed by atoms with Crippen LogP contribution in [0.15, 0.2) is 0 Å². The van der Waals surface area contributed by atoms with Crippen LogP contribution in [-0.2, 0) is 7.05 Å². The van der Waals surface area contributed by atoms with Crippen LogP contribution < -0.4 is 0 Å². The monoisotopic (exact) mass is 257 g/mol. The molecule has 0 bridgehead atoms. The molecule has 5 heteroatoms. The van der Waals surface area contributed by atoms with Gasteiger partial charge in [0.25, 0.3) is 0 Å². The van der Waals surface area contributed by atoms with Gasteiger partial charge in [0.1, 0.15) is 16.9 Å². The van der Waals surface area contributed by atoms with Gasteiger partial charge >= 0.3 is 0 Å². The number of hydrogen-bond acceptors (Lipinski definition) is 3. The summed E-state index contributed by atoms with van der Waals surface area (Å²) in [6.45, 7) is 10.4. The van der Waals surface area contributed by atoms with E-state index in [1.807, 2.05) is 6.92 Å². The van der Waals surface area contributed by atoms with Crippen molar-refractivity contribution in [2.24, 2.45) is 7.05 Å². The molecular formula is C14H19N5. The van der Waals surface area contributed by atoms with E-state index in [2.05, 4.69) is 54.5 Å². The third-order valence-electron chi connectivity index (χ3n) is 3.83. The molecule has 3 aromatic rings. The lowest BCUT2D eigenvalue weighted by Crippen LogP contribution is -2.04. The van der Waals surface area contributed by atoms with Gasteiger partial charge in [-0.25, -0.2) is 4.98 Å². The van der Waals surface area contributed by atoms with E-state index in [9.17, 15) is 0 Å². The Balaban J connectivity index is 2.52. The Hall–Kier alpha value is -1.91. The highest BCUT2D eigenvalue weighted by Gasteiger charge is 2.18. The predicted molar refractivity (Wildman–Crippen MR) is 76.4 cm³/mol. The summed E-state index contributed by atoms with van der Waals surface area (Å²) in [6.07, 6.45) is 0. The average molecular weight is 257 g/mol. The number of imidazole rings is 1. The first-order valence-corrected chi connectivity index (χ1v) is 6.60. The van der Waals surface area contributed by atoms with E-state index >= 15 is 0 Å². The van der Waals surface area contributed by atoms with E-state index in [4.69, 9.17) is 0 Å².